The van der Waals surface area contributed by atoms with Gasteiger partial charge in [-0.15, -0.1) is 0 Å². The number of benzene rings is 2. The first kappa shape index (κ1) is 21.9. The number of carbonyl (C=O) groups excluding carboxylic acids is 1. The molecule has 0 bridgehead atoms. The highest BCUT2D eigenvalue weighted by Crippen LogP contribution is 2.28. The lowest BCUT2D eigenvalue weighted by molar-refractivity contribution is -0.129. The number of halogens is 2. The average Bonchev–Trinajstić information content (AvgIpc) is 3.13. The molecule has 0 atom stereocenters. The van der Waals surface area contributed by atoms with Gasteiger partial charge in [0.1, 0.15) is 5.82 Å². The zero-order valence-electron chi connectivity index (χ0n) is 15.5. The molecule has 0 aliphatic rings. The molecule has 1 aromatic heterocycles. The molecule has 1 amide bonds. The number of carbonyl (C=O) groups is 1. The molecule has 0 radical (unpaired) electrons. The van der Waals surface area contributed by atoms with E-state index in [0.29, 0.717) is 35.5 Å². The number of nitrogens with two attached hydrogens (primary N) is 1. The van der Waals surface area contributed by atoms with Crippen LogP contribution in [0.2, 0.25) is 5.02 Å². The lowest BCUT2D eigenvalue weighted by Gasteiger charge is -2.09. The highest BCUT2D eigenvalue weighted by Gasteiger charge is 2.15. The smallest absolute Gasteiger partial charge is 0.243 e. The van der Waals surface area contributed by atoms with Crippen molar-refractivity contribution in [3.63, 3.8) is 0 Å². The Morgan fingerprint density at radius 2 is 1.90 bits per heavy atom. The summed E-state index contributed by atoms with van der Waals surface area (Å²) in [5.74, 6) is -1.06. The van der Waals surface area contributed by atoms with Gasteiger partial charge < -0.3 is 0 Å². The molecule has 1 heterocycles. The zero-order chi connectivity index (χ0) is 21.9. The summed E-state index contributed by atoms with van der Waals surface area (Å²) in [6, 6.07) is 11.8. The minimum absolute atomic E-state index is 0.0416. The maximum atomic E-state index is 13.6. The highest BCUT2D eigenvalue weighted by molar-refractivity contribution is 7.89. The number of nitrogens with zero attached hydrogens (tertiary/aromatic N) is 2. The first-order chi connectivity index (χ1) is 14.2. The van der Waals surface area contributed by atoms with Gasteiger partial charge in [-0.1, -0.05) is 11.6 Å². The summed E-state index contributed by atoms with van der Waals surface area (Å²) < 4.78 is 38.2. The number of sulfonamides is 1. The lowest BCUT2D eigenvalue weighted by Crippen LogP contribution is -2.18. The number of primary sulfonamides is 1. The van der Waals surface area contributed by atoms with E-state index in [9.17, 15) is 17.6 Å². The van der Waals surface area contributed by atoms with Crippen molar-refractivity contribution >= 4 is 27.5 Å². The zero-order valence-corrected chi connectivity index (χ0v) is 17.1. The van der Waals surface area contributed by atoms with Crippen LogP contribution in [0.3, 0.4) is 0 Å². The molecule has 30 heavy (non-hydrogen) atoms. The predicted octanol–water partition coefficient (Wildman–Crippen LogP) is 2.81. The molecule has 0 saturated carbocycles. The normalized spacial score (nSPS) is 11.5. The number of hydrogen-bond donors (Lipinski definition) is 3. The Balaban J connectivity index is 2.00. The second-order valence-electron chi connectivity index (χ2n) is 6.49. The molecule has 158 valence electrons. The first-order valence-electron chi connectivity index (χ1n) is 8.79. The molecule has 0 fully saturated rings. The largest absolute Gasteiger partial charge is 0.289 e. The van der Waals surface area contributed by atoms with Gasteiger partial charge >= 0.3 is 0 Å². The molecule has 0 aliphatic heterocycles. The van der Waals surface area contributed by atoms with Gasteiger partial charge in [0.25, 0.3) is 0 Å². The molecular formula is C19H18ClFN4O4S. The van der Waals surface area contributed by atoms with E-state index in [2.05, 4.69) is 5.10 Å². The quantitative estimate of drug-likeness (QED) is 0.375. The number of aromatic nitrogens is 2. The van der Waals surface area contributed by atoms with Crippen LogP contribution in [0.25, 0.3) is 16.9 Å². The van der Waals surface area contributed by atoms with Gasteiger partial charge in [-0.3, -0.25) is 10.0 Å². The van der Waals surface area contributed by atoms with Crippen LogP contribution in [0.15, 0.2) is 53.4 Å². The van der Waals surface area contributed by atoms with Gasteiger partial charge in [0, 0.05) is 12.0 Å². The van der Waals surface area contributed by atoms with Crippen LogP contribution in [0.1, 0.15) is 18.5 Å². The number of rotatable bonds is 7. The summed E-state index contributed by atoms with van der Waals surface area (Å²) in [4.78, 5) is 11.2. The van der Waals surface area contributed by atoms with Crippen LogP contribution in [-0.2, 0) is 21.2 Å². The third kappa shape index (κ3) is 5.03. The van der Waals surface area contributed by atoms with Crippen LogP contribution in [0, 0.1) is 5.82 Å². The Hall–Kier alpha value is -2.79. The summed E-state index contributed by atoms with van der Waals surface area (Å²) in [5.41, 5.74) is 3.97. The molecular weight excluding hydrogens is 435 g/mol. The van der Waals surface area contributed by atoms with Crippen molar-refractivity contribution in [2.75, 3.05) is 0 Å². The van der Waals surface area contributed by atoms with Crippen LogP contribution in [0.4, 0.5) is 4.39 Å². The van der Waals surface area contributed by atoms with E-state index in [-0.39, 0.29) is 16.3 Å². The third-order valence-corrected chi connectivity index (χ3v) is 5.57. The molecule has 0 aliphatic carbocycles. The monoisotopic (exact) mass is 452 g/mol. The van der Waals surface area contributed by atoms with E-state index in [1.807, 2.05) is 0 Å². The molecule has 3 rings (SSSR count). The fraction of sp³-hybridized carbons (Fsp3) is 0.158. The van der Waals surface area contributed by atoms with Gasteiger partial charge in [0.2, 0.25) is 15.9 Å². The van der Waals surface area contributed by atoms with Crippen molar-refractivity contribution in [1.29, 1.82) is 0 Å². The van der Waals surface area contributed by atoms with Gasteiger partial charge in [-0.2, -0.15) is 5.10 Å². The second-order valence-corrected chi connectivity index (χ2v) is 8.46. The molecule has 0 unspecified atom stereocenters. The van der Waals surface area contributed by atoms with Crippen LogP contribution in [-0.4, -0.2) is 29.3 Å². The summed E-state index contributed by atoms with van der Waals surface area (Å²) >= 11 is 5.92. The minimum Gasteiger partial charge on any atom is -0.289 e. The number of amides is 1. The predicted molar refractivity (Wildman–Crippen MR) is 108 cm³/mol. The number of hydroxylamine groups is 1. The van der Waals surface area contributed by atoms with Crippen molar-refractivity contribution in [3.8, 4) is 16.9 Å². The standard InChI is InChI=1S/C19H18ClFN4O4S/c20-16-10-12(4-9-17(16)21)18-11-13(2-1-3-19(26)24-27)23-25(18)14-5-7-15(8-6-14)30(22,28)29/h4-11,27H,1-3H2,(H,24,26)(H2,22,28,29). The fourth-order valence-electron chi connectivity index (χ4n) is 2.87. The molecule has 0 saturated heterocycles. The Kier molecular flexibility index (Phi) is 6.52. The Morgan fingerprint density at radius 3 is 2.50 bits per heavy atom. The molecule has 2 aromatic carbocycles. The lowest BCUT2D eigenvalue weighted by atomic mass is 10.1. The minimum atomic E-state index is -3.84. The second kappa shape index (κ2) is 8.92. The highest BCUT2D eigenvalue weighted by atomic mass is 35.5. The Morgan fingerprint density at radius 1 is 1.20 bits per heavy atom. The van der Waals surface area contributed by atoms with Crippen molar-refractivity contribution < 1.29 is 22.8 Å². The SMILES string of the molecule is NS(=O)(=O)c1ccc(-n2nc(CCCC(=O)NO)cc2-c2ccc(F)c(Cl)c2)cc1. The van der Waals surface area contributed by atoms with Crippen molar-refractivity contribution in [3.05, 3.63) is 65.1 Å². The van der Waals surface area contributed by atoms with Crippen LogP contribution in [0.5, 0.6) is 0 Å². The molecule has 8 nitrogen and oxygen atoms in total. The number of aryl methyl sites for hydroxylation is 1. The average molecular weight is 453 g/mol. The van der Waals surface area contributed by atoms with E-state index in [4.69, 9.17) is 21.9 Å². The van der Waals surface area contributed by atoms with Crippen molar-refractivity contribution in [2.45, 2.75) is 24.2 Å². The number of hydrogen-bond acceptors (Lipinski definition) is 5. The topological polar surface area (TPSA) is 127 Å². The maximum Gasteiger partial charge on any atom is 0.243 e. The van der Waals surface area contributed by atoms with Gasteiger partial charge in [-0.05, 0) is 61.4 Å². The van der Waals surface area contributed by atoms with Crippen LogP contribution < -0.4 is 10.6 Å². The van der Waals surface area contributed by atoms with Gasteiger partial charge in [-0.25, -0.2) is 28.1 Å². The third-order valence-electron chi connectivity index (χ3n) is 4.35. The summed E-state index contributed by atoms with van der Waals surface area (Å²) in [6.07, 6.45) is 0.999. The molecule has 0 spiro atoms. The Bertz CT molecular complexity index is 1180. The van der Waals surface area contributed by atoms with E-state index in [0.717, 1.165) is 0 Å². The van der Waals surface area contributed by atoms with E-state index >= 15 is 0 Å². The van der Waals surface area contributed by atoms with Crippen LogP contribution >= 0.6 is 11.6 Å². The molecule has 3 aromatic rings. The maximum absolute atomic E-state index is 13.6. The van der Waals surface area contributed by atoms with Gasteiger partial charge in [0.05, 0.1) is 27.0 Å². The summed E-state index contributed by atoms with van der Waals surface area (Å²) in [5, 5.41) is 18.2. The van der Waals surface area contributed by atoms with Gasteiger partial charge in [0.15, 0.2) is 0 Å². The van der Waals surface area contributed by atoms with Crippen molar-refractivity contribution in [2.24, 2.45) is 5.14 Å². The first-order valence-corrected chi connectivity index (χ1v) is 10.7. The summed E-state index contributed by atoms with van der Waals surface area (Å²) in [7, 11) is -3.84. The molecule has 11 heteroatoms. The molecule has 4 N–H and O–H groups in total. The van der Waals surface area contributed by atoms with E-state index in [1.165, 1.54) is 24.3 Å². The fourth-order valence-corrected chi connectivity index (χ4v) is 3.57. The van der Waals surface area contributed by atoms with Crippen molar-refractivity contribution in [1.82, 2.24) is 15.3 Å². The number of nitrogens with one attached hydrogen (secondary N) is 1. The summed E-state index contributed by atoms with van der Waals surface area (Å²) in [6.45, 7) is 0. The van der Waals surface area contributed by atoms with E-state index < -0.39 is 21.7 Å². The Labute approximate surface area is 177 Å². The van der Waals surface area contributed by atoms with E-state index in [1.54, 1.807) is 34.4 Å².